The van der Waals surface area contributed by atoms with Crippen LogP contribution in [-0.4, -0.2) is 52.4 Å². The van der Waals surface area contributed by atoms with E-state index in [-0.39, 0.29) is 35.8 Å². The average molecular weight is 338 g/mol. The second kappa shape index (κ2) is 9.89. The second-order valence-electron chi connectivity index (χ2n) is 5.03. The SMILES string of the molecule is CCC(SCC(=O)Nc1ccccc1)C(=O)N(C)CCC(=O)O. The van der Waals surface area contributed by atoms with Crippen LogP contribution in [-0.2, 0) is 14.4 Å². The zero-order chi connectivity index (χ0) is 17.2. The molecular weight excluding hydrogens is 316 g/mol. The summed E-state index contributed by atoms with van der Waals surface area (Å²) in [7, 11) is 1.58. The summed E-state index contributed by atoms with van der Waals surface area (Å²) in [4.78, 5) is 36.1. The number of para-hydroxylation sites is 1. The summed E-state index contributed by atoms with van der Waals surface area (Å²) in [5.41, 5.74) is 0.719. The van der Waals surface area contributed by atoms with E-state index in [1.54, 1.807) is 19.2 Å². The van der Waals surface area contributed by atoms with Crippen molar-refractivity contribution in [3.05, 3.63) is 30.3 Å². The first-order chi connectivity index (χ1) is 10.9. The lowest BCUT2D eigenvalue weighted by Gasteiger charge is -2.22. The van der Waals surface area contributed by atoms with Gasteiger partial charge in [-0.05, 0) is 18.6 Å². The fraction of sp³-hybridized carbons (Fsp3) is 0.438. The molecule has 2 N–H and O–H groups in total. The summed E-state index contributed by atoms with van der Waals surface area (Å²) in [6, 6.07) is 9.12. The summed E-state index contributed by atoms with van der Waals surface area (Å²) in [5.74, 6) is -1.08. The minimum atomic E-state index is -0.937. The number of rotatable bonds is 9. The summed E-state index contributed by atoms with van der Waals surface area (Å²) in [6.07, 6.45) is 0.497. The van der Waals surface area contributed by atoms with Gasteiger partial charge in [0.2, 0.25) is 11.8 Å². The van der Waals surface area contributed by atoms with Crippen molar-refractivity contribution in [1.82, 2.24) is 4.90 Å². The average Bonchev–Trinajstić information content (AvgIpc) is 2.53. The summed E-state index contributed by atoms with van der Waals surface area (Å²) < 4.78 is 0. The van der Waals surface area contributed by atoms with E-state index in [0.29, 0.717) is 6.42 Å². The van der Waals surface area contributed by atoms with E-state index in [4.69, 9.17) is 5.11 Å². The molecule has 0 heterocycles. The molecular formula is C16H22N2O4S. The quantitative estimate of drug-likeness (QED) is 0.720. The lowest BCUT2D eigenvalue weighted by molar-refractivity contribution is -0.138. The fourth-order valence-corrected chi connectivity index (χ4v) is 2.86. The number of thioether (sulfide) groups is 1. The number of aliphatic carboxylic acids is 1. The molecule has 6 nitrogen and oxygen atoms in total. The zero-order valence-electron chi connectivity index (χ0n) is 13.3. The van der Waals surface area contributed by atoms with Crippen molar-refractivity contribution in [1.29, 1.82) is 0 Å². The van der Waals surface area contributed by atoms with Crippen LogP contribution >= 0.6 is 11.8 Å². The van der Waals surface area contributed by atoms with Gasteiger partial charge >= 0.3 is 5.97 Å². The van der Waals surface area contributed by atoms with Crippen LogP contribution in [0.25, 0.3) is 0 Å². The minimum Gasteiger partial charge on any atom is -0.481 e. The molecule has 23 heavy (non-hydrogen) atoms. The molecule has 0 bridgehead atoms. The molecule has 0 fully saturated rings. The zero-order valence-corrected chi connectivity index (χ0v) is 14.1. The van der Waals surface area contributed by atoms with Gasteiger partial charge in [0.05, 0.1) is 17.4 Å². The molecule has 0 saturated heterocycles. The van der Waals surface area contributed by atoms with Gasteiger partial charge in [-0.2, -0.15) is 0 Å². The van der Waals surface area contributed by atoms with Crippen molar-refractivity contribution in [3.63, 3.8) is 0 Å². The molecule has 7 heteroatoms. The summed E-state index contributed by atoms with van der Waals surface area (Å²) >= 11 is 1.27. The van der Waals surface area contributed by atoms with Gasteiger partial charge in [0.1, 0.15) is 0 Å². The maximum Gasteiger partial charge on any atom is 0.305 e. The number of hydrogen-bond donors (Lipinski definition) is 2. The van der Waals surface area contributed by atoms with Crippen LogP contribution in [0.4, 0.5) is 5.69 Å². The van der Waals surface area contributed by atoms with Crippen molar-refractivity contribution in [2.75, 3.05) is 24.7 Å². The van der Waals surface area contributed by atoms with Gasteiger partial charge in [0, 0.05) is 19.3 Å². The van der Waals surface area contributed by atoms with Crippen LogP contribution in [0, 0.1) is 0 Å². The normalized spacial score (nSPS) is 11.6. The summed E-state index contributed by atoms with van der Waals surface area (Å²) in [6.45, 7) is 2.04. The number of nitrogens with zero attached hydrogens (tertiary/aromatic N) is 1. The van der Waals surface area contributed by atoms with Crippen LogP contribution in [0.5, 0.6) is 0 Å². The number of carbonyl (C=O) groups is 3. The Morgan fingerprint density at radius 3 is 2.48 bits per heavy atom. The fourth-order valence-electron chi connectivity index (χ4n) is 1.88. The molecule has 1 rings (SSSR count). The smallest absolute Gasteiger partial charge is 0.305 e. The van der Waals surface area contributed by atoms with Crippen molar-refractivity contribution < 1.29 is 19.5 Å². The van der Waals surface area contributed by atoms with Gasteiger partial charge in [-0.3, -0.25) is 14.4 Å². The third-order valence-corrected chi connectivity index (χ3v) is 4.52. The van der Waals surface area contributed by atoms with E-state index in [2.05, 4.69) is 5.32 Å². The maximum atomic E-state index is 12.2. The third kappa shape index (κ3) is 7.19. The predicted octanol–water partition coefficient (Wildman–Crippen LogP) is 2.07. The Hall–Kier alpha value is -2.02. The Morgan fingerprint density at radius 2 is 1.91 bits per heavy atom. The first-order valence-electron chi connectivity index (χ1n) is 7.37. The highest BCUT2D eigenvalue weighted by molar-refractivity contribution is 8.01. The lowest BCUT2D eigenvalue weighted by Crippen LogP contribution is -2.36. The molecule has 0 aliphatic heterocycles. The monoisotopic (exact) mass is 338 g/mol. The topological polar surface area (TPSA) is 86.7 Å². The number of carbonyl (C=O) groups excluding carboxylic acids is 2. The van der Waals surface area contributed by atoms with Gasteiger partial charge in [-0.25, -0.2) is 0 Å². The molecule has 1 unspecified atom stereocenters. The molecule has 126 valence electrons. The molecule has 0 saturated carbocycles. The van der Waals surface area contributed by atoms with Crippen molar-refractivity contribution in [3.8, 4) is 0 Å². The van der Waals surface area contributed by atoms with Crippen LogP contribution in [0.1, 0.15) is 19.8 Å². The number of hydrogen-bond acceptors (Lipinski definition) is 4. The summed E-state index contributed by atoms with van der Waals surface area (Å²) in [5, 5.41) is 11.1. The number of carboxylic acid groups (broad SMARTS) is 1. The Balaban J connectivity index is 2.44. The predicted molar refractivity (Wildman–Crippen MR) is 91.5 cm³/mol. The number of anilines is 1. The van der Waals surface area contributed by atoms with E-state index >= 15 is 0 Å². The Labute approximate surface area is 140 Å². The molecule has 0 aliphatic carbocycles. The van der Waals surface area contributed by atoms with Crippen LogP contribution in [0.15, 0.2) is 30.3 Å². The van der Waals surface area contributed by atoms with E-state index in [1.165, 1.54) is 16.7 Å². The van der Waals surface area contributed by atoms with E-state index in [1.807, 2.05) is 25.1 Å². The first kappa shape index (κ1) is 19.0. The highest BCUT2D eigenvalue weighted by atomic mass is 32.2. The number of amides is 2. The number of nitrogens with one attached hydrogen (secondary N) is 1. The molecule has 1 aromatic carbocycles. The highest BCUT2D eigenvalue weighted by Crippen LogP contribution is 2.18. The molecule has 1 atom stereocenters. The van der Waals surface area contributed by atoms with Gasteiger partial charge in [-0.1, -0.05) is 25.1 Å². The second-order valence-corrected chi connectivity index (χ2v) is 6.22. The minimum absolute atomic E-state index is 0.0855. The number of benzene rings is 1. The highest BCUT2D eigenvalue weighted by Gasteiger charge is 2.22. The molecule has 1 aromatic rings. The maximum absolute atomic E-state index is 12.2. The lowest BCUT2D eigenvalue weighted by atomic mass is 10.3. The molecule has 2 amide bonds. The van der Waals surface area contributed by atoms with Gasteiger partial charge in [0.25, 0.3) is 0 Å². The largest absolute Gasteiger partial charge is 0.481 e. The third-order valence-electron chi connectivity index (χ3n) is 3.16. The van der Waals surface area contributed by atoms with E-state index in [0.717, 1.165) is 5.69 Å². The van der Waals surface area contributed by atoms with E-state index < -0.39 is 5.97 Å². The van der Waals surface area contributed by atoms with Crippen LogP contribution in [0.3, 0.4) is 0 Å². The van der Waals surface area contributed by atoms with Crippen molar-refractivity contribution in [2.24, 2.45) is 0 Å². The van der Waals surface area contributed by atoms with Crippen LogP contribution in [0.2, 0.25) is 0 Å². The van der Waals surface area contributed by atoms with Gasteiger partial charge in [0.15, 0.2) is 0 Å². The van der Waals surface area contributed by atoms with Crippen molar-refractivity contribution in [2.45, 2.75) is 25.0 Å². The molecule has 0 spiro atoms. The van der Waals surface area contributed by atoms with Crippen molar-refractivity contribution >= 4 is 35.2 Å². The van der Waals surface area contributed by atoms with Gasteiger partial charge in [-0.15, -0.1) is 11.8 Å². The first-order valence-corrected chi connectivity index (χ1v) is 8.42. The molecule has 0 aliphatic rings. The molecule has 0 aromatic heterocycles. The molecule has 0 radical (unpaired) electrons. The van der Waals surface area contributed by atoms with Crippen LogP contribution < -0.4 is 5.32 Å². The standard InChI is InChI=1S/C16H22N2O4S/c1-3-13(16(22)18(2)10-9-15(20)21)23-11-14(19)17-12-7-5-4-6-8-12/h4-8,13H,3,9-11H2,1-2H3,(H,17,19)(H,20,21). The number of carboxylic acids is 1. The van der Waals surface area contributed by atoms with E-state index in [9.17, 15) is 14.4 Å². The Kier molecular flexibility index (Phi) is 8.18. The Morgan fingerprint density at radius 1 is 1.26 bits per heavy atom. The Bertz CT molecular complexity index is 536. The van der Waals surface area contributed by atoms with Gasteiger partial charge < -0.3 is 15.3 Å².